The monoisotopic (exact) mass is 630 g/mol. The summed E-state index contributed by atoms with van der Waals surface area (Å²) in [5, 5.41) is 0. The van der Waals surface area contributed by atoms with Gasteiger partial charge in [-0.3, -0.25) is 14.2 Å². The second kappa shape index (κ2) is 12.1. The third-order valence-electron chi connectivity index (χ3n) is 6.05. The Hall–Kier alpha value is -3.90. The number of hydrogen-bond acceptors (Lipinski definition) is 10. The molecular weight excluding hydrogens is 604 g/mol. The van der Waals surface area contributed by atoms with Crippen molar-refractivity contribution < 1.29 is 33.3 Å². The highest BCUT2D eigenvalue weighted by Gasteiger charge is 2.35. The van der Waals surface area contributed by atoms with Gasteiger partial charge < -0.3 is 23.7 Å². The Kier molecular flexibility index (Phi) is 8.79. The van der Waals surface area contributed by atoms with Crippen LogP contribution in [0, 0.1) is 0 Å². The molecule has 210 valence electrons. The zero-order valence-electron chi connectivity index (χ0n) is 22.7. The zero-order chi connectivity index (χ0) is 29.1. The first-order chi connectivity index (χ1) is 19.1. The van der Waals surface area contributed by atoms with E-state index in [1.165, 1.54) is 44.2 Å². The number of nitrogens with zero attached hydrogens (tertiary/aromatic N) is 2. The third-order valence-corrected chi connectivity index (χ3v) is 7.62. The average molecular weight is 632 g/mol. The topological polar surface area (TPSA) is 115 Å². The highest BCUT2D eigenvalue weighted by atomic mass is 79.9. The molecule has 0 bridgehead atoms. The summed E-state index contributed by atoms with van der Waals surface area (Å²) in [7, 11) is 4.50. The molecule has 1 atom stereocenters. The molecule has 40 heavy (non-hydrogen) atoms. The van der Waals surface area contributed by atoms with Crippen LogP contribution >= 0.6 is 27.3 Å². The second-order valence-corrected chi connectivity index (χ2v) is 10.4. The number of thiazole rings is 1. The Bertz CT molecular complexity index is 1710. The maximum absolute atomic E-state index is 13.9. The maximum atomic E-state index is 13.9. The fourth-order valence-corrected chi connectivity index (χ4v) is 5.93. The number of halogens is 1. The van der Waals surface area contributed by atoms with E-state index >= 15 is 0 Å². The van der Waals surface area contributed by atoms with E-state index in [0.29, 0.717) is 47.9 Å². The number of ether oxygens (including phenoxy) is 5. The van der Waals surface area contributed by atoms with Gasteiger partial charge in [0.25, 0.3) is 5.56 Å². The molecule has 1 aromatic heterocycles. The van der Waals surface area contributed by atoms with Gasteiger partial charge >= 0.3 is 11.9 Å². The molecule has 0 radical (unpaired) electrons. The van der Waals surface area contributed by atoms with Gasteiger partial charge in [-0.1, -0.05) is 11.3 Å². The van der Waals surface area contributed by atoms with Crippen molar-refractivity contribution in [3.8, 4) is 23.0 Å². The van der Waals surface area contributed by atoms with Crippen LogP contribution in [0.4, 0.5) is 0 Å². The quantitative estimate of drug-likeness (QED) is 0.274. The predicted octanol–water partition coefficient (Wildman–Crippen LogP) is 3.51. The molecule has 0 saturated heterocycles. The Morgan fingerprint density at radius 2 is 1.82 bits per heavy atom. The summed E-state index contributed by atoms with van der Waals surface area (Å²) in [6.07, 6.45) is 1.68. The molecular formula is C28H27BrN2O8S. The molecule has 0 saturated carbocycles. The lowest BCUT2D eigenvalue weighted by atomic mass is 9.95. The van der Waals surface area contributed by atoms with E-state index in [0.717, 1.165) is 0 Å². The molecule has 3 aromatic rings. The summed E-state index contributed by atoms with van der Waals surface area (Å²) in [5.41, 5.74) is 1.50. The number of aromatic nitrogens is 1. The normalized spacial score (nSPS) is 14.8. The SMILES string of the molecule is CCOC(=O)C1=C(C)N=c2s/c(=C\c3cc(Br)c(OC(C)=O)c(OC)c3)c(=O)n2[C@@H]1c1ccc(OC)cc1OC. The van der Waals surface area contributed by atoms with Crippen molar-refractivity contribution in [2.24, 2.45) is 4.99 Å². The highest BCUT2D eigenvalue weighted by molar-refractivity contribution is 9.10. The van der Waals surface area contributed by atoms with E-state index in [4.69, 9.17) is 23.7 Å². The number of hydrogen-bond donors (Lipinski definition) is 0. The smallest absolute Gasteiger partial charge is 0.338 e. The van der Waals surface area contributed by atoms with Crippen molar-refractivity contribution in [1.82, 2.24) is 4.57 Å². The van der Waals surface area contributed by atoms with Crippen LogP contribution in [0.3, 0.4) is 0 Å². The Labute approximate surface area is 242 Å². The number of benzene rings is 2. The van der Waals surface area contributed by atoms with Crippen LogP contribution in [-0.2, 0) is 14.3 Å². The molecule has 0 fully saturated rings. The summed E-state index contributed by atoms with van der Waals surface area (Å²) < 4.78 is 29.3. The fraction of sp³-hybridized carbons (Fsp3) is 0.286. The number of rotatable bonds is 8. The summed E-state index contributed by atoms with van der Waals surface area (Å²) in [6.45, 7) is 4.88. The molecule has 0 spiro atoms. The van der Waals surface area contributed by atoms with Crippen LogP contribution < -0.4 is 33.8 Å². The van der Waals surface area contributed by atoms with E-state index < -0.39 is 18.0 Å². The molecule has 2 heterocycles. The first-order valence-corrected chi connectivity index (χ1v) is 13.7. The van der Waals surface area contributed by atoms with E-state index in [2.05, 4.69) is 20.9 Å². The molecule has 12 heteroatoms. The first kappa shape index (κ1) is 29.1. The molecule has 4 rings (SSSR count). The van der Waals surface area contributed by atoms with Crippen LogP contribution in [-0.4, -0.2) is 44.4 Å². The summed E-state index contributed by atoms with van der Waals surface area (Å²) in [5.74, 6) is 0.463. The average Bonchev–Trinajstić information content (AvgIpc) is 3.22. The van der Waals surface area contributed by atoms with Crippen molar-refractivity contribution in [3.05, 3.63) is 76.9 Å². The van der Waals surface area contributed by atoms with Gasteiger partial charge in [-0.2, -0.15) is 0 Å². The van der Waals surface area contributed by atoms with Gasteiger partial charge in [0.15, 0.2) is 16.3 Å². The number of carbonyl (C=O) groups excluding carboxylic acids is 2. The number of allylic oxidation sites excluding steroid dienone is 1. The van der Waals surface area contributed by atoms with Crippen molar-refractivity contribution in [1.29, 1.82) is 0 Å². The third kappa shape index (κ3) is 5.54. The largest absolute Gasteiger partial charge is 0.497 e. The van der Waals surface area contributed by atoms with Crippen LogP contribution in [0.2, 0.25) is 0 Å². The van der Waals surface area contributed by atoms with Crippen LogP contribution in [0.25, 0.3) is 6.08 Å². The minimum absolute atomic E-state index is 0.159. The summed E-state index contributed by atoms with van der Waals surface area (Å²) in [6, 6.07) is 7.69. The van der Waals surface area contributed by atoms with E-state index in [1.54, 1.807) is 50.3 Å². The van der Waals surface area contributed by atoms with Gasteiger partial charge in [0, 0.05) is 18.6 Å². The minimum atomic E-state index is -0.856. The van der Waals surface area contributed by atoms with Gasteiger partial charge in [0.1, 0.15) is 17.5 Å². The summed E-state index contributed by atoms with van der Waals surface area (Å²) in [4.78, 5) is 43.6. The lowest BCUT2D eigenvalue weighted by Crippen LogP contribution is -2.40. The number of methoxy groups -OCH3 is 3. The summed E-state index contributed by atoms with van der Waals surface area (Å²) >= 11 is 4.59. The molecule has 0 N–H and O–H groups in total. The second-order valence-electron chi connectivity index (χ2n) is 8.54. The molecule has 1 aliphatic heterocycles. The van der Waals surface area contributed by atoms with Gasteiger partial charge in [0.05, 0.1) is 48.2 Å². The molecule has 0 unspecified atom stereocenters. The molecule has 0 amide bonds. The highest BCUT2D eigenvalue weighted by Crippen LogP contribution is 2.38. The van der Waals surface area contributed by atoms with Gasteiger partial charge in [-0.05, 0) is 65.7 Å². The number of fused-ring (bicyclic) bond motifs is 1. The maximum Gasteiger partial charge on any atom is 0.338 e. The number of esters is 2. The van der Waals surface area contributed by atoms with Gasteiger partial charge in [-0.25, -0.2) is 9.79 Å². The first-order valence-electron chi connectivity index (χ1n) is 12.1. The zero-order valence-corrected chi connectivity index (χ0v) is 25.1. The molecule has 2 aromatic carbocycles. The Morgan fingerprint density at radius 3 is 2.45 bits per heavy atom. The van der Waals surface area contributed by atoms with Crippen molar-refractivity contribution >= 4 is 45.3 Å². The van der Waals surface area contributed by atoms with Crippen LogP contribution in [0.15, 0.2) is 55.9 Å². The van der Waals surface area contributed by atoms with Crippen molar-refractivity contribution in [3.63, 3.8) is 0 Å². The Balaban J connectivity index is 1.96. The molecule has 0 aliphatic carbocycles. The van der Waals surface area contributed by atoms with Crippen molar-refractivity contribution in [2.75, 3.05) is 27.9 Å². The Morgan fingerprint density at radius 1 is 1.10 bits per heavy atom. The van der Waals surface area contributed by atoms with E-state index in [9.17, 15) is 14.4 Å². The standard InChI is InChI=1S/C28H27BrN2O8S/c1-7-38-27(34)23-14(2)30-28-31(24(23)18-9-8-17(35-4)13-20(18)36-5)26(33)22(40-28)12-16-10-19(29)25(39-15(3)32)21(11-16)37-6/h8-13,24H,7H2,1-6H3/b22-12-/t24-/m1/s1. The predicted molar refractivity (Wildman–Crippen MR) is 152 cm³/mol. The minimum Gasteiger partial charge on any atom is -0.497 e. The molecule has 1 aliphatic rings. The van der Waals surface area contributed by atoms with Crippen molar-refractivity contribution in [2.45, 2.75) is 26.8 Å². The van der Waals surface area contributed by atoms with E-state index in [1.807, 2.05) is 0 Å². The van der Waals surface area contributed by atoms with E-state index in [-0.39, 0.29) is 23.5 Å². The number of carbonyl (C=O) groups is 2. The van der Waals surface area contributed by atoms with Crippen LogP contribution in [0.1, 0.15) is 37.9 Å². The molecule has 10 nitrogen and oxygen atoms in total. The fourth-order valence-electron chi connectivity index (χ4n) is 4.35. The lowest BCUT2D eigenvalue weighted by molar-refractivity contribution is -0.139. The van der Waals surface area contributed by atoms with Gasteiger partial charge in [-0.15, -0.1) is 0 Å². The van der Waals surface area contributed by atoms with Crippen LogP contribution in [0.5, 0.6) is 23.0 Å². The lowest BCUT2D eigenvalue weighted by Gasteiger charge is -2.26. The van der Waals surface area contributed by atoms with Gasteiger partial charge in [0.2, 0.25) is 0 Å².